The van der Waals surface area contributed by atoms with Crippen LogP contribution < -0.4 is 0 Å². The molecule has 0 aliphatic heterocycles. The molecule has 1 aromatic carbocycles. The van der Waals surface area contributed by atoms with Crippen LogP contribution in [0.1, 0.15) is 39.0 Å². The zero-order valence-corrected chi connectivity index (χ0v) is 15.8. The highest BCUT2D eigenvalue weighted by Gasteiger charge is 2.34. The summed E-state index contributed by atoms with van der Waals surface area (Å²) in [6.45, 7) is 4.48. The van der Waals surface area contributed by atoms with Gasteiger partial charge in [-0.3, -0.25) is 4.79 Å². The number of Topliss-reactive ketones (excluding diaryl/α,β-unsaturated/α-hetero) is 1. The van der Waals surface area contributed by atoms with Gasteiger partial charge in [0.15, 0.2) is 15.6 Å². The molecule has 6 nitrogen and oxygen atoms in total. The number of hydrogen-bond donors (Lipinski definition) is 1. The molecule has 1 atom stereocenters. The number of carbonyl (C=O) groups is 2. The van der Waals surface area contributed by atoms with E-state index in [1.165, 1.54) is 32.2 Å². The Balaban J connectivity index is 2.48. The van der Waals surface area contributed by atoms with Gasteiger partial charge in [-0.05, 0) is 38.5 Å². The molecule has 0 fully saturated rings. The third-order valence-corrected chi connectivity index (χ3v) is 6.61. The number of aromatic nitrogens is 1. The minimum absolute atomic E-state index is 0.0526. The third kappa shape index (κ3) is 3.34. The molecule has 25 heavy (non-hydrogen) atoms. The van der Waals surface area contributed by atoms with E-state index in [0.29, 0.717) is 11.3 Å². The monoisotopic (exact) mass is 383 g/mol. The molecule has 0 radical (unpaired) electrons. The second kappa shape index (κ2) is 7.01. The van der Waals surface area contributed by atoms with Crippen molar-refractivity contribution in [3.63, 3.8) is 0 Å². The summed E-state index contributed by atoms with van der Waals surface area (Å²) >= 11 is 5.97. The smallest absolute Gasteiger partial charge is 0.339 e. The number of nitrogens with one attached hydrogen (secondary N) is 1. The lowest BCUT2D eigenvalue weighted by Crippen LogP contribution is -2.28. The van der Waals surface area contributed by atoms with Crippen LogP contribution in [-0.2, 0) is 14.6 Å². The van der Waals surface area contributed by atoms with Crippen LogP contribution in [0.5, 0.6) is 0 Å². The number of ketones is 1. The highest BCUT2D eigenvalue weighted by Crippen LogP contribution is 2.27. The van der Waals surface area contributed by atoms with E-state index in [-0.39, 0.29) is 21.2 Å². The Bertz CT molecular complexity index is 946. The molecular formula is C17H18ClNO5S. The van der Waals surface area contributed by atoms with Crippen LogP contribution in [0.3, 0.4) is 0 Å². The van der Waals surface area contributed by atoms with Gasteiger partial charge in [-0.15, -0.1) is 0 Å². The Hall–Kier alpha value is -2.12. The Morgan fingerprint density at radius 2 is 1.80 bits per heavy atom. The first-order valence-electron chi connectivity index (χ1n) is 7.43. The zero-order valence-electron chi connectivity index (χ0n) is 14.2. The molecule has 1 aromatic heterocycles. The molecule has 2 rings (SSSR count). The highest BCUT2D eigenvalue weighted by molar-refractivity contribution is 7.93. The quantitative estimate of drug-likeness (QED) is 0.632. The Labute approximate surface area is 151 Å². The molecule has 0 spiro atoms. The Morgan fingerprint density at radius 3 is 2.36 bits per heavy atom. The summed E-state index contributed by atoms with van der Waals surface area (Å²) in [5.74, 6) is -1.23. The molecule has 0 amide bonds. The number of carbonyl (C=O) groups excluding carboxylic acids is 2. The average Bonchev–Trinajstić information content (AvgIpc) is 2.87. The van der Waals surface area contributed by atoms with Crippen molar-refractivity contribution >= 4 is 33.2 Å². The van der Waals surface area contributed by atoms with E-state index >= 15 is 0 Å². The van der Waals surface area contributed by atoms with Crippen LogP contribution >= 0.6 is 11.6 Å². The molecule has 0 unspecified atom stereocenters. The van der Waals surface area contributed by atoms with E-state index in [4.69, 9.17) is 16.3 Å². The van der Waals surface area contributed by atoms with Gasteiger partial charge < -0.3 is 9.72 Å². The zero-order chi connectivity index (χ0) is 18.9. The first kappa shape index (κ1) is 19.2. The predicted octanol–water partition coefficient (Wildman–Crippen LogP) is 3.12. The van der Waals surface area contributed by atoms with Crippen molar-refractivity contribution in [2.75, 3.05) is 7.11 Å². The van der Waals surface area contributed by atoms with E-state index in [1.54, 1.807) is 19.9 Å². The molecule has 1 N–H and O–H groups in total. The van der Waals surface area contributed by atoms with E-state index in [0.717, 1.165) is 0 Å². The number of aromatic amines is 1. The number of benzene rings is 1. The summed E-state index contributed by atoms with van der Waals surface area (Å²) in [7, 11) is -2.74. The minimum Gasteiger partial charge on any atom is -0.465 e. The fourth-order valence-corrected chi connectivity index (χ4v) is 4.46. The van der Waals surface area contributed by atoms with Gasteiger partial charge in [0, 0.05) is 5.69 Å². The number of H-pyrrole nitrogens is 1. The summed E-state index contributed by atoms with van der Waals surface area (Å²) < 4.78 is 30.2. The summed E-state index contributed by atoms with van der Waals surface area (Å²) in [5.41, 5.74) is 1.10. The van der Waals surface area contributed by atoms with Gasteiger partial charge in [0.2, 0.25) is 0 Å². The lowest BCUT2D eigenvalue weighted by molar-refractivity contribution is 0.0599. The van der Waals surface area contributed by atoms with Gasteiger partial charge in [-0.2, -0.15) is 0 Å². The first-order chi connectivity index (χ1) is 11.6. The fraction of sp³-hybridized carbons (Fsp3) is 0.294. The van der Waals surface area contributed by atoms with Gasteiger partial charge in [0.05, 0.1) is 28.3 Å². The number of hydrogen-bond acceptors (Lipinski definition) is 5. The van der Waals surface area contributed by atoms with Crippen molar-refractivity contribution < 1.29 is 22.7 Å². The minimum atomic E-state index is -3.98. The number of methoxy groups -OCH3 is 1. The summed E-state index contributed by atoms with van der Waals surface area (Å²) in [4.78, 5) is 27.3. The maximum absolute atomic E-state index is 12.8. The number of sulfone groups is 1. The number of halogens is 1. The lowest BCUT2D eigenvalue weighted by Gasteiger charge is -2.13. The Kier molecular flexibility index (Phi) is 5.39. The van der Waals surface area contributed by atoms with Gasteiger partial charge >= 0.3 is 5.97 Å². The second-order valence-corrected chi connectivity index (χ2v) is 8.24. The van der Waals surface area contributed by atoms with Crippen LogP contribution in [0.25, 0.3) is 0 Å². The molecule has 2 aromatic rings. The number of esters is 1. The largest absolute Gasteiger partial charge is 0.465 e. The topological polar surface area (TPSA) is 93.3 Å². The van der Waals surface area contributed by atoms with Gasteiger partial charge in [0.1, 0.15) is 5.25 Å². The number of rotatable bonds is 5. The summed E-state index contributed by atoms with van der Waals surface area (Å²) in [6, 6.07) is 5.95. The molecule has 134 valence electrons. The van der Waals surface area contributed by atoms with E-state index in [2.05, 4.69) is 4.98 Å². The summed E-state index contributed by atoms with van der Waals surface area (Å²) in [5, 5.41) is -1.31. The highest BCUT2D eigenvalue weighted by atomic mass is 35.5. The molecule has 1 heterocycles. The van der Waals surface area contributed by atoms with E-state index < -0.39 is 26.8 Å². The maximum atomic E-state index is 12.8. The maximum Gasteiger partial charge on any atom is 0.339 e. The molecule has 0 aliphatic carbocycles. The van der Waals surface area contributed by atoms with Crippen molar-refractivity contribution in [2.24, 2.45) is 0 Å². The first-order valence-corrected chi connectivity index (χ1v) is 9.35. The van der Waals surface area contributed by atoms with Crippen molar-refractivity contribution in [2.45, 2.75) is 30.9 Å². The van der Waals surface area contributed by atoms with Crippen LogP contribution in [0.15, 0.2) is 29.2 Å². The second-order valence-electron chi connectivity index (χ2n) is 5.60. The van der Waals surface area contributed by atoms with Gasteiger partial charge in [0.25, 0.3) is 0 Å². The third-order valence-electron chi connectivity index (χ3n) is 4.05. The van der Waals surface area contributed by atoms with Gasteiger partial charge in [-0.1, -0.05) is 23.7 Å². The molecule has 0 saturated heterocycles. The van der Waals surface area contributed by atoms with Crippen molar-refractivity contribution in [3.8, 4) is 0 Å². The van der Waals surface area contributed by atoms with Crippen LogP contribution in [0.2, 0.25) is 5.02 Å². The SMILES string of the molecule is COC(=O)c1c(C)[nH]c(C(=O)[C@H](C)S(=O)(=O)c2ccccc2Cl)c1C. The number of aryl methyl sites for hydroxylation is 1. The lowest BCUT2D eigenvalue weighted by atomic mass is 10.1. The van der Waals surface area contributed by atoms with E-state index in [9.17, 15) is 18.0 Å². The summed E-state index contributed by atoms with van der Waals surface area (Å²) in [6.07, 6.45) is 0. The van der Waals surface area contributed by atoms with Crippen LogP contribution in [0.4, 0.5) is 0 Å². The molecule has 0 saturated carbocycles. The molecular weight excluding hydrogens is 366 g/mol. The van der Waals surface area contributed by atoms with E-state index in [1.807, 2.05) is 0 Å². The average molecular weight is 384 g/mol. The fourth-order valence-electron chi connectivity index (χ4n) is 2.61. The van der Waals surface area contributed by atoms with Gasteiger partial charge in [-0.25, -0.2) is 13.2 Å². The standard InChI is InChI=1S/C17H18ClNO5S/c1-9-14(17(21)24-4)10(2)19-15(9)16(20)11(3)25(22,23)13-8-6-5-7-12(13)18/h5-8,11,19H,1-4H3/t11-/m0/s1. The van der Waals surface area contributed by atoms with Crippen molar-refractivity contribution in [1.82, 2.24) is 4.98 Å². The molecule has 8 heteroatoms. The van der Waals surface area contributed by atoms with Crippen LogP contribution in [0, 0.1) is 13.8 Å². The Morgan fingerprint density at radius 1 is 1.20 bits per heavy atom. The number of ether oxygens (including phenoxy) is 1. The molecule has 0 aliphatic rings. The normalized spacial score (nSPS) is 12.7. The van der Waals surface area contributed by atoms with Crippen LogP contribution in [-0.4, -0.2) is 37.5 Å². The van der Waals surface area contributed by atoms with Crippen molar-refractivity contribution in [3.05, 3.63) is 51.8 Å². The predicted molar refractivity (Wildman–Crippen MR) is 94.0 cm³/mol. The van der Waals surface area contributed by atoms with Crippen molar-refractivity contribution in [1.29, 1.82) is 0 Å². The molecule has 0 bridgehead atoms.